The molecule has 0 bridgehead atoms. The zero-order valence-corrected chi connectivity index (χ0v) is 16.2. The normalized spacial score (nSPS) is 25.0. The summed E-state index contributed by atoms with van der Waals surface area (Å²) >= 11 is 0. The van der Waals surface area contributed by atoms with Crippen molar-refractivity contribution in [2.75, 3.05) is 33.8 Å². The van der Waals surface area contributed by atoms with Crippen molar-refractivity contribution in [3.8, 4) is 5.75 Å². The number of aromatic nitrogens is 2. The summed E-state index contributed by atoms with van der Waals surface area (Å²) < 4.78 is 7.53. The number of piperidine rings is 1. The highest BCUT2D eigenvalue weighted by Crippen LogP contribution is 2.33. The minimum atomic E-state index is 0.550. The van der Waals surface area contributed by atoms with Crippen LogP contribution in [0.25, 0.3) is 10.9 Å². The van der Waals surface area contributed by atoms with E-state index in [2.05, 4.69) is 34.2 Å². The molecule has 2 heterocycles. The van der Waals surface area contributed by atoms with Gasteiger partial charge < -0.3 is 15.0 Å². The second kappa shape index (κ2) is 7.97. The van der Waals surface area contributed by atoms with Gasteiger partial charge in [0.25, 0.3) is 0 Å². The van der Waals surface area contributed by atoms with Crippen molar-refractivity contribution in [1.29, 1.82) is 0 Å². The fourth-order valence-electron chi connectivity index (χ4n) is 4.72. The molecule has 142 valence electrons. The Morgan fingerprint density at radius 2 is 1.92 bits per heavy atom. The molecule has 1 aromatic heterocycles. The first-order valence-corrected chi connectivity index (χ1v) is 10.2. The van der Waals surface area contributed by atoms with Crippen LogP contribution in [-0.2, 0) is 0 Å². The average molecular weight is 357 g/mol. The highest BCUT2D eigenvalue weighted by atomic mass is 16.5. The SMILES string of the molecule is COc1ccc2cn(C3CCC(CN(C)C4CCNCC4)CC3)nc2c1. The lowest BCUT2D eigenvalue weighted by Crippen LogP contribution is -2.43. The first kappa shape index (κ1) is 17.8. The van der Waals surface area contributed by atoms with Crippen molar-refractivity contribution in [1.82, 2.24) is 20.0 Å². The Bertz CT molecular complexity index is 714. The molecule has 1 aromatic carbocycles. The molecule has 0 radical (unpaired) electrons. The predicted molar refractivity (Wildman–Crippen MR) is 106 cm³/mol. The van der Waals surface area contributed by atoms with Gasteiger partial charge in [-0.15, -0.1) is 0 Å². The fourth-order valence-corrected chi connectivity index (χ4v) is 4.72. The van der Waals surface area contributed by atoms with E-state index in [9.17, 15) is 0 Å². The van der Waals surface area contributed by atoms with Crippen molar-refractivity contribution in [2.45, 2.75) is 50.6 Å². The van der Waals surface area contributed by atoms with Crippen molar-refractivity contribution >= 4 is 10.9 Å². The summed E-state index contributed by atoms with van der Waals surface area (Å²) in [6.07, 6.45) is 9.94. The standard InChI is InChI=1S/C21H32N4O/c1-24(18-9-11-22-12-10-18)14-16-3-6-19(7-4-16)25-15-17-5-8-20(26-2)13-21(17)23-25/h5,8,13,15-16,18-19,22H,3-4,6-7,9-12,14H2,1-2H3. The molecule has 1 aliphatic heterocycles. The van der Waals surface area contributed by atoms with E-state index in [1.165, 1.54) is 63.5 Å². The Kier molecular flexibility index (Phi) is 5.46. The number of ether oxygens (including phenoxy) is 1. The summed E-state index contributed by atoms with van der Waals surface area (Å²) in [4.78, 5) is 2.63. The zero-order chi connectivity index (χ0) is 17.9. The third kappa shape index (κ3) is 3.89. The van der Waals surface area contributed by atoms with E-state index >= 15 is 0 Å². The minimum Gasteiger partial charge on any atom is -0.497 e. The van der Waals surface area contributed by atoms with Crippen LogP contribution in [0.15, 0.2) is 24.4 Å². The van der Waals surface area contributed by atoms with E-state index in [1.807, 2.05) is 12.1 Å². The predicted octanol–water partition coefficient (Wildman–Crippen LogP) is 3.46. The van der Waals surface area contributed by atoms with E-state index in [0.29, 0.717) is 6.04 Å². The lowest BCUT2D eigenvalue weighted by Gasteiger charge is -2.36. The number of methoxy groups -OCH3 is 1. The maximum atomic E-state index is 5.32. The number of benzene rings is 1. The minimum absolute atomic E-state index is 0.550. The zero-order valence-electron chi connectivity index (χ0n) is 16.2. The van der Waals surface area contributed by atoms with Crippen LogP contribution in [0.2, 0.25) is 0 Å². The Morgan fingerprint density at radius 1 is 1.15 bits per heavy atom. The molecule has 5 heteroatoms. The monoisotopic (exact) mass is 356 g/mol. The Morgan fingerprint density at radius 3 is 2.65 bits per heavy atom. The maximum absolute atomic E-state index is 5.32. The summed E-state index contributed by atoms with van der Waals surface area (Å²) in [5, 5.41) is 9.50. The van der Waals surface area contributed by atoms with Crippen molar-refractivity contribution < 1.29 is 4.74 Å². The van der Waals surface area contributed by atoms with Crippen LogP contribution in [0.5, 0.6) is 5.75 Å². The smallest absolute Gasteiger partial charge is 0.121 e. The molecule has 1 aliphatic carbocycles. The summed E-state index contributed by atoms with van der Waals surface area (Å²) in [5.74, 6) is 1.73. The number of hydrogen-bond donors (Lipinski definition) is 1. The van der Waals surface area contributed by atoms with Crippen molar-refractivity contribution in [2.24, 2.45) is 5.92 Å². The molecule has 2 aromatic rings. The quantitative estimate of drug-likeness (QED) is 0.891. The Labute approximate surface area is 156 Å². The second-order valence-electron chi connectivity index (χ2n) is 8.13. The van der Waals surface area contributed by atoms with Crippen LogP contribution in [0.1, 0.15) is 44.6 Å². The highest BCUT2D eigenvalue weighted by Gasteiger charge is 2.26. The third-order valence-electron chi connectivity index (χ3n) is 6.40. The number of fused-ring (bicyclic) bond motifs is 1. The molecule has 1 saturated heterocycles. The van der Waals surface area contributed by atoms with Gasteiger partial charge >= 0.3 is 0 Å². The molecular formula is C21H32N4O. The van der Waals surface area contributed by atoms with Crippen LogP contribution in [0, 0.1) is 5.92 Å². The Balaban J connectivity index is 1.33. The number of rotatable bonds is 5. The lowest BCUT2D eigenvalue weighted by atomic mass is 9.85. The molecule has 5 nitrogen and oxygen atoms in total. The number of hydrogen-bond acceptors (Lipinski definition) is 4. The first-order chi connectivity index (χ1) is 12.7. The molecule has 0 unspecified atom stereocenters. The second-order valence-corrected chi connectivity index (χ2v) is 8.13. The summed E-state index contributed by atoms with van der Waals surface area (Å²) in [5.41, 5.74) is 1.04. The van der Waals surface area contributed by atoms with Gasteiger partial charge in [-0.3, -0.25) is 4.68 Å². The third-order valence-corrected chi connectivity index (χ3v) is 6.40. The van der Waals surface area contributed by atoms with Crippen molar-refractivity contribution in [3.63, 3.8) is 0 Å². The van der Waals surface area contributed by atoms with Gasteiger partial charge in [0.1, 0.15) is 5.75 Å². The van der Waals surface area contributed by atoms with Gasteiger partial charge in [0.15, 0.2) is 0 Å². The van der Waals surface area contributed by atoms with E-state index in [0.717, 1.165) is 23.2 Å². The van der Waals surface area contributed by atoms with Crippen LogP contribution >= 0.6 is 0 Å². The first-order valence-electron chi connectivity index (χ1n) is 10.2. The number of nitrogens with one attached hydrogen (secondary N) is 1. The highest BCUT2D eigenvalue weighted by molar-refractivity contribution is 5.79. The molecule has 0 atom stereocenters. The van der Waals surface area contributed by atoms with Gasteiger partial charge in [0, 0.05) is 30.2 Å². The summed E-state index contributed by atoms with van der Waals surface area (Å²) in [6.45, 7) is 3.62. The van der Waals surface area contributed by atoms with Gasteiger partial charge in [-0.05, 0) is 76.7 Å². The van der Waals surface area contributed by atoms with Crippen molar-refractivity contribution in [3.05, 3.63) is 24.4 Å². The van der Waals surface area contributed by atoms with Gasteiger partial charge in [0.2, 0.25) is 0 Å². The maximum Gasteiger partial charge on any atom is 0.121 e. The van der Waals surface area contributed by atoms with Crippen LogP contribution < -0.4 is 10.1 Å². The molecular weight excluding hydrogens is 324 g/mol. The van der Waals surface area contributed by atoms with E-state index < -0.39 is 0 Å². The van der Waals surface area contributed by atoms with Crippen LogP contribution in [0.4, 0.5) is 0 Å². The summed E-state index contributed by atoms with van der Waals surface area (Å²) in [6, 6.07) is 7.49. The van der Waals surface area contributed by atoms with Crippen LogP contribution in [0.3, 0.4) is 0 Å². The molecule has 4 rings (SSSR count). The van der Waals surface area contributed by atoms with Gasteiger partial charge in [0.05, 0.1) is 18.7 Å². The van der Waals surface area contributed by atoms with E-state index in [4.69, 9.17) is 9.84 Å². The molecule has 2 fully saturated rings. The topological polar surface area (TPSA) is 42.3 Å². The van der Waals surface area contributed by atoms with E-state index in [1.54, 1.807) is 7.11 Å². The van der Waals surface area contributed by atoms with E-state index in [-0.39, 0.29) is 0 Å². The van der Waals surface area contributed by atoms with Gasteiger partial charge in [-0.25, -0.2) is 0 Å². The molecule has 1 saturated carbocycles. The molecule has 2 aliphatic rings. The van der Waals surface area contributed by atoms with Gasteiger partial charge in [-0.1, -0.05) is 0 Å². The number of nitrogens with zero attached hydrogens (tertiary/aromatic N) is 3. The average Bonchev–Trinajstić information content (AvgIpc) is 3.12. The molecule has 26 heavy (non-hydrogen) atoms. The van der Waals surface area contributed by atoms with Crippen LogP contribution in [-0.4, -0.2) is 54.5 Å². The largest absolute Gasteiger partial charge is 0.497 e. The molecule has 0 spiro atoms. The Hall–Kier alpha value is -1.59. The summed E-state index contributed by atoms with van der Waals surface area (Å²) in [7, 11) is 4.04. The lowest BCUT2D eigenvalue weighted by molar-refractivity contribution is 0.143. The molecule has 0 amide bonds. The molecule has 1 N–H and O–H groups in total. The fraction of sp³-hybridized carbons (Fsp3) is 0.667. The van der Waals surface area contributed by atoms with Gasteiger partial charge in [-0.2, -0.15) is 5.10 Å².